The Morgan fingerprint density at radius 2 is 1.77 bits per heavy atom. The zero-order valence-corrected chi connectivity index (χ0v) is 21.5. The van der Waals surface area contributed by atoms with Crippen molar-refractivity contribution in [3.63, 3.8) is 0 Å². The number of para-hydroxylation sites is 1. The molecule has 1 aliphatic rings. The molecule has 0 radical (unpaired) electrons. The van der Waals surface area contributed by atoms with Crippen LogP contribution in [0.5, 0.6) is 5.75 Å². The predicted octanol–water partition coefficient (Wildman–Crippen LogP) is 4.41. The number of rotatable bonds is 9. The standard InChI is InChI=1S/C25H28Cl2N6O2/c1-4-32(5-2)13-14-35-19-11-9-18(10-12-19)29-24-28-15-17-16-33(25(34)31(3)23(17)30-24)22-20(26)7-6-8-21(22)27/h6-12,15H,4-5,13-14,16H2,1-3H3,(H,28,29,30)/p+1. The highest BCUT2D eigenvalue weighted by atomic mass is 35.5. The van der Waals surface area contributed by atoms with Gasteiger partial charge in [0.25, 0.3) is 0 Å². The minimum absolute atomic E-state index is 0.267. The number of ether oxygens (including phenoxy) is 1. The molecule has 2 amide bonds. The molecular weight excluding hydrogens is 487 g/mol. The molecule has 1 aromatic heterocycles. The maximum atomic E-state index is 13.1. The van der Waals surface area contributed by atoms with Crippen molar-refractivity contribution in [1.82, 2.24) is 9.97 Å². The molecule has 35 heavy (non-hydrogen) atoms. The second-order valence-corrected chi connectivity index (χ2v) is 9.06. The van der Waals surface area contributed by atoms with E-state index in [0.717, 1.165) is 36.6 Å². The van der Waals surface area contributed by atoms with Crippen molar-refractivity contribution in [2.75, 3.05) is 48.4 Å². The van der Waals surface area contributed by atoms with Gasteiger partial charge in [-0.3, -0.25) is 9.80 Å². The lowest BCUT2D eigenvalue weighted by Gasteiger charge is -2.34. The van der Waals surface area contributed by atoms with Gasteiger partial charge in [0.15, 0.2) is 0 Å². The maximum absolute atomic E-state index is 13.1. The highest BCUT2D eigenvalue weighted by Gasteiger charge is 2.32. The summed E-state index contributed by atoms with van der Waals surface area (Å²) < 4.78 is 5.86. The van der Waals surface area contributed by atoms with Crippen molar-refractivity contribution < 1.29 is 14.4 Å². The summed E-state index contributed by atoms with van der Waals surface area (Å²) in [7, 11) is 1.67. The minimum Gasteiger partial charge on any atom is -0.488 e. The maximum Gasteiger partial charge on any atom is 0.330 e. The van der Waals surface area contributed by atoms with E-state index in [4.69, 9.17) is 27.9 Å². The summed E-state index contributed by atoms with van der Waals surface area (Å²) >= 11 is 12.7. The van der Waals surface area contributed by atoms with Crippen molar-refractivity contribution >= 4 is 52.4 Å². The molecule has 0 unspecified atom stereocenters. The molecule has 0 aliphatic carbocycles. The van der Waals surface area contributed by atoms with Crippen LogP contribution in [0.1, 0.15) is 19.4 Å². The molecular formula is C25H29Cl2N6O2+. The lowest BCUT2D eigenvalue weighted by Crippen LogP contribution is -3.12. The smallest absolute Gasteiger partial charge is 0.330 e. The lowest BCUT2D eigenvalue weighted by atomic mass is 10.2. The third-order valence-corrected chi connectivity index (χ3v) is 6.66. The number of amides is 2. The largest absolute Gasteiger partial charge is 0.488 e. The van der Waals surface area contributed by atoms with E-state index in [2.05, 4.69) is 29.1 Å². The Morgan fingerprint density at radius 3 is 2.43 bits per heavy atom. The topological polar surface area (TPSA) is 75.0 Å². The molecule has 0 bridgehead atoms. The Kier molecular flexibility index (Phi) is 7.95. The normalized spacial score (nSPS) is 13.3. The lowest BCUT2D eigenvalue weighted by molar-refractivity contribution is -0.896. The Labute approximate surface area is 215 Å². The van der Waals surface area contributed by atoms with Gasteiger partial charge in [0, 0.05) is 24.5 Å². The zero-order valence-electron chi connectivity index (χ0n) is 20.0. The second kappa shape index (κ2) is 11.1. The number of nitrogens with zero attached hydrogens (tertiary/aromatic N) is 4. The molecule has 0 saturated carbocycles. The number of carbonyl (C=O) groups excluding carboxylic acids is 1. The summed E-state index contributed by atoms with van der Waals surface area (Å²) in [5, 5.41) is 4.01. The summed E-state index contributed by atoms with van der Waals surface area (Å²) in [5.74, 6) is 1.74. The Bertz CT molecular complexity index is 1170. The summed E-state index contributed by atoms with van der Waals surface area (Å²) in [4.78, 5) is 26.6. The first kappa shape index (κ1) is 25.0. The third kappa shape index (κ3) is 5.61. The Balaban J connectivity index is 1.45. The molecule has 0 atom stereocenters. The van der Waals surface area contributed by atoms with E-state index in [9.17, 15) is 4.79 Å². The van der Waals surface area contributed by atoms with E-state index in [1.807, 2.05) is 24.3 Å². The minimum atomic E-state index is -0.273. The SMILES string of the molecule is CC[NH+](CC)CCOc1ccc(Nc2ncc3c(n2)N(C)C(=O)N(c2c(Cl)cccc2Cl)C3)cc1. The number of aromatic nitrogens is 2. The molecule has 184 valence electrons. The molecule has 8 nitrogen and oxygen atoms in total. The van der Waals surface area contributed by atoms with Crippen molar-refractivity contribution in [2.24, 2.45) is 0 Å². The average Bonchev–Trinajstić information content (AvgIpc) is 2.86. The van der Waals surface area contributed by atoms with E-state index < -0.39 is 0 Å². The molecule has 4 rings (SSSR count). The van der Waals surface area contributed by atoms with Gasteiger partial charge in [-0.25, -0.2) is 9.78 Å². The number of hydrogen-bond acceptors (Lipinski definition) is 5. The monoisotopic (exact) mass is 515 g/mol. The summed E-state index contributed by atoms with van der Waals surface area (Å²) in [6.45, 7) is 8.47. The summed E-state index contributed by atoms with van der Waals surface area (Å²) in [6.07, 6.45) is 1.71. The number of halogens is 2. The van der Waals surface area contributed by atoms with Gasteiger partial charge in [-0.2, -0.15) is 4.98 Å². The molecule has 2 N–H and O–H groups in total. The molecule has 0 saturated heterocycles. The number of carbonyl (C=O) groups is 1. The molecule has 10 heteroatoms. The quantitative estimate of drug-likeness (QED) is 0.441. The van der Waals surface area contributed by atoms with Crippen LogP contribution in [0, 0.1) is 0 Å². The summed E-state index contributed by atoms with van der Waals surface area (Å²) in [6, 6.07) is 12.5. The Morgan fingerprint density at radius 1 is 1.09 bits per heavy atom. The Hall–Kier alpha value is -3.07. The second-order valence-electron chi connectivity index (χ2n) is 8.25. The number of quaternary nitrogens is 1. The van der Waals surface area contributed by atoms with Crippen molar-refractivity contribution in [3.05, 3.63) is 64.3 Å². The zero-order chi connectivity index (χ0) is 24.9. The van der Waals surface area contributed by atoms with E-state index in [1.54, 1.807) is 31.4 Å². The van der Waals surface area contributed by atoms with Crippen LogP contribution >= 0.6 is 23.2 Å². The number of nitrogens with one attached hydrogen (secondary N) is 2. The van der Waals surface area contributed by atoms with Crippen LogP contribution in [0.25, 0.3) is 0 Å². The van der Waals surface area contributed by atoms with Gasteiger partial charge in [0.1, 0.15) is 24.7 Å². The van der Waals surface area contributed by atoms with Crippen molar-refractivity contribution in [3.8, 4) is 5.75 Å². The molecule has 1 aliphatic heterocycles. The molecule has 0 spiro atoms. The molecule has 2 heterocycles. The van der Waals surface area contributed by atoms with Crippen LogP contribution in [-0.2, 0) is 6.54 Å². The number of benzene rings is 2. The number of urea groups is 1. The van der Waals surface area contributed by atoms with Gasteiger partial charge in [0.05, 0.1) is 35.4 Å². The van der Waals surface area contributed by atoms with Gasteiger partial charge >= 0.3 is 6.03 Å². The van der Waals surface area contributed by atoms with Crippen LogP contribution < -0.4 is 24.8 Å². The highest BCUT2D eigenvalue weighted by Crippen LogP contribution is 2.38. The third-order valence-electron chi connectivity index (χ3n) is 6.05. The number of fused-ring (bicyclic) bond motifs is 1. The van der Waals surface area contributed by atoms with E-state index >= 15 is 0 Å². The number of hydrogen-bond donors (Lipinski definition) is 2. The molecule has 3 aromatic rings. The van der Waals surface area contributed by atoms with Gasteiger partial charge in [-0.15, -0.1) is 0 Å². The van der Waals surface area contributed by atoms with Crippen LogP contribution in [0.4, 0.5) is 27.9 Å². The van der Waals surface area contributed by atoms with Gasteiger partial charge < -0.3 is 15.0 Å². The van der Waals surface area contributed by atoms with Crippen LogP contribution in [0.3, 0.4) is 0 Å². The van der Waals surface area contributed by atoms with E-state index in [1.165, 1.54) is 14.7 Å². The van der Waals surface area contributed by atoms with E-state index in [-0.39, 0.29) is 12.6 Å². The van der Waals surface area contributed by atoms with Crippen molar-refractivity contribution in [1.29, 1.82) is 0 Å². The van der Waals surface area contributed by atoms with E-state index in [0.29, 0.717) is 34.1 Å². The first-order chi connectivity index (χ1) is 16.9. The first-order valence-electron chi connectivity index (χ1n) is 11.6. The molecule has 2 aromatic carbocycles. The van der Waals surface area contributed by atoms with Crippen LogP contribution in [0.15, 0.2) is 48.7 Å². The van der Waals surface area contributed by atoms with Gasteiger partial charge in [-0.1, -0.05) is 29.3 Å². The van der Waals surface area contributed by atoms with Crippen LogP contribution in [-0.4, -0.2) is 49.3 Å². The fraction of sp³-hybridized carbons (Fsp3) is 0.320. The fourth-order valence-electron chi connectivity index (χ4n) is 3.97. The number of likely N-dealkylation sites (N-methyl/N-ethyl adjacent to an activating group) is 1. The highest BCUT2D eigenvalue weighted by molar-refractivity contribution is 6.40. The van der Waals surface area contributed by atoms with Crippen LogP contribution in [0.2, 0.25) is 10.0 Å². The first-order valence-corrected chi connectivity index (χ1v) is 12.4. The predicted molar refractivity (Wildman–Crippen MR) is 141 cm³/mol. The summed E-state index contributed by atoms with van der Waals surface area (Å²) in [5.41, 5.74) is 2.08. The average molecular weight is 516 g/mol. The molecule has 0 fully saturated rings. The fourth-order valence-corrected chi connectivity index (χ4v) is 4.57. The number of anilines is 4. The van der Waals surface area contributed by atoms with Gasteiger partial charge in [0.2, 0.25) is 5.95 Å². The van der Waals surface area contributed by atoms with Gasteiger partial charge in [-0.05, 0) is 50.2 Å². The van der Waals surface area contributed by atoms with Crippen molar-refractivity contribution in [2.45, 2.75) is 20.4 Å².